The van der Waals surface area contributed by atoms with Gasteiger partial charge in [0.1, 0.15) is 0 Å². The molecule has 3 fully saturated rings. The molecule has 1 heterocycles. The molecule has 0 spiro atoms. The quantitative estimate of drug-likeness (QED) is 0.825. The van der Waals surface area contributed by atoms with Crippen LogP contribution in [0.4, 0.5) is 0 Å². The molecule has 3 heteroatoms. The van der Waals surface area contributed by atoms with Crippen molar-refractivity contribution in [3.63, 3.8) is 0 Å². The van der Waals surface area contributed by atoms with Gasteiger partial charge in [0.25, 0.3) is 0 Å². The first-order valence-corrected chi connectivity index (χ1v) is 7.73. The van der Waals surface area contributed by atoms with E-state index in [1.165, 1.54) is 32.2 Å². The Morgan fingerprint density at radius 1 is 1.22 bits per heavy atom. The molecular weight excluding hydrogens is 224 g/mol. The van der Waals surface area contributed by atoms with Crippen LogP contribution in [0.15, 0.2) is 0 Å². The van der Waals surface area contributed by atoms with Crippen LogP contribution in [0.25, 0.3) is 0 Å². The monoisotopic (exact) mass is 252 g/mol. The summed E-state index contributed by atoms with van der Waals surface area (Å²) < 4.78 is 5.68. The first kappa shape index (κ1) is 12.9. The molecule has 3 rings (SSSR count). The molecule has 18 heavy (non-hydrogen) atoms. The lowest BCUT2D eigenvalue weighted by atomic mass is 9.88. The number of likely N-dealkylation sites (N-methyl/N-ethyl adjacent to an activating group) is 2. The van der Waals surface area contributed by atoms with Crippen LogP contribution < -0.4 is 5.32 Å². The summed E-state index contributed by atoms with van der Waals surface area (Å²) in [7, 11) is 4.39. The molecular formula is C15H28N2O. The molecule has 0 radical (unpaired) electrons. The van der Waals surface area contributed by atoms with Crippen LogP contribution in [0.2, 0.25) is 0 Å². The van der Waals surface area contributed by atoms with Crippen LogP contribution in [0.5, 0.6) is 0 Å². The first-order chi connectivity index (χ1) is 8.78. The van der Waals surface area contributed by atoms with E-state index in [4.69, 9.17) is 4.74 Å². The summed E-state index contributed by atoms with van der Waals surface area (Å²) in [5.41, 5.74) is 0. The molecule has 2 aliphatic carbocycles. The van der Waals surface area contributed by atoms with E-state index in [1.54, 1.807) is 0 Å². The summed E-state index contributed by atoms with van der Waals surface area (Å²) in [6.07, 6.45) is 7.18. The smallest absolute Gasteiger partial charge is 0.0636 e. The molecule has 3 aliphatic rings. The highest BCUT2D eigenvalue weighted by Crippen LogP contribution is 2.48. The van der Waals surface area contributed by atoms with Crippen LogP contribution in [0, 0.1) is 17.8 Å². The predicted octanol–water partition coefficient (Wildman–Crippen LogP) is 1.73. The summed E-state index contributed by atoms with van der Waals surface area (Å²) in [4.78, 5) is 2.58. The van der Waals surface area contributed by atoms with Crippen molar-refractivity contribution < 1.29 is 4.74 Å². The molecule has 5 atom stereocenters. The Morgan fingerprint density at radius 2 is 2.11 bits per heavy atom. The third-order valence-electron chi connectivity index (χ3n) is 5.67. The molecule has 1 N–H and O–H groups in total. The van der Waals surface area contributed by atoms with Gasteiger partial charge in [-0.2, -0.15) is 0 Å². The molecule has 2 saturated carbocycles. The molecule has 5 unspecified atom stereocenters. The number of ether oxygens (including phenoxy) is 1. The maximum Gasteiger partial charge on any atom is 0.0636 e. The second-order valence-electron chi connectivity index (χ2n) is 6.70. The van der Waals surface area contributed by atoms with E-state index in [0.29, 0.717) is 12.1 Å². The fraction of sp³-hybridized carbons (Fsp3) is 1.00. The average molecular weight is 252 g/mol. The third kappa shape index (κ3) is 2.45. The second kappa shape index (κ2) is 5.48. The molecule has 3 nitrogen and oxygen atoms in total. The van der Waals surface area contributed by atoms with Crippen LogP contribution >= 0.6 is 0 Å². The van der Waals surface area contributed by atoms with E-state index in [0.717, 1.165) is 37.4 Å². The Morgan fingerprint density at radius 3 is 2.78 bits per heavy atom. The minimum absolute atomic E-state index is 0.572. The summed E-state index contributed by atoms with van der Waals surface area (Å²) in [6.45, 7) is 3.11. The van der Waals surface area contributed by atoms with E-state index in [-0.39, 0.29) is 0 Å². The lowest BCUT2D eigenvalue weighted by Crippen LogP contribution is -2.54. The molecule has 104 valence electrons. The zero-order chi connectivity index (χ0) is 12.5. The van der Waals surface area contributed by atoms with Crippen molar-refractivity contribution in [3.05, 3.63) is 0 Å². The number of hydrogen-bond acceptors (Lipinski definition) is 3. The highest BCUT2D eigenvalue weighted by atomic mass is 16.5. The highest BCUT2D eigenvalue weighted by molar-refractivity contribution is 4.93. The number of fused-ring (bicyclic) bond motifs is 2. The van der Waals surface area contributed by atoms with E-state index in [9.17, 15) is 0 Å². The van der Waals surface area contributed by atoms with Crippen molar-refractivity contribution in [1.82, 2.24) is 10.2 Å². The van der Waals surface area contributed by atoms with Crippen LogP contribution in [0.1, 0.15) is 32.1 Å². The highest BCUT2D eigenvalue weighted by Gasteiger charge is 2.40. The number of nitrogens with one attached hydrogen (secondary N) is 1. The standard InChI is InChI=1S/C15H28N2O/c1-16-14-5-6-18-10-15(14)17(2)9-13-8-11-3-4-12(13)7-11/h11-16H,3-10H2,1-2H3. The average Bonchev–Trinajstić information content (AvgIpc) is 3.01. The van der Waals surface area contributed by atoms with Crippen LogP contribution in [0.3, 0.4) is 0 Å². The van der Waals surface area contributed by atoms with Gasteiger partial charge in [-0.05, 0) is 57.5 Å². The van der Waals surface area contributed by atoms with Crippen molar-refractivity contribution in [2.45, 2.75) is 44.2 Å². The molecule has 1 aliphatic heterocycles. The van der Waals surface area contributed by atoms with Crippen molar-refractivity contribution >= 4 is 0 Å². The van der Waals surface area contributed by atoms with Crippen molar-refractivity contribution in [1.29, 1.82) is 0 Å². The summed E-state index contributed by atoms with van der Waals surface area (Å²) >= 11 is 0. The van der Waals surface area contributed by atoms with Gasteiger partial charge < -0.3 is 10.1 Å². The van der Waals surface area contributed by atoms with Crippen molar-refractivity contribution in [2.75, 3.05) is 33.9 Å². The molecule has 0 aromatic heterocycles. The Balaban J connectivity index is 1.55. The molecule has 0 aromatic carbocycles. The largest absolute Gasteiger partial charge is 0.380 e. The summed E-state index contributed by atoms with van der Waals surface area (Å²) in [5, 5.41) is 3.47. The van der Waals surface area contributed by atoms with E-state index < -0.39 is 0 Å². The van der Waals surface area contributed by atoms with Gasteiger partial charge in [-0.25, -0.2) is 0 Å². The van der Waals surface area contributed by atoms with E-state index in [2.05, 4.69) is 24.3 Å². The minimum Gasteiger partial charge on any atom is -0.380 e. The Kier molecular flexibility index (Phi) is 3.92. The van der Waals surface area contributed by atoms with Gasteiger partial charge in [-0.15, -0.1) is 0 Å². The van der Waals surface area contributed by atoms with Gasteiger partial charge in [-0.1, -0.05) is 6.42 Å². The number of hydrogen-bond donors (Lipinski definition) is 1. The van der Waals surface area contributed by atoms with Crippen LogP contribution in [-0.2, 0) is 4.74 Å². The van der Waals surface area contributed by atoms with Crippen LogP contribution in [-0.4, -0.2) is 50.8 Å². The molecule has 1 saturated heterocycles. The van der Waals surface area contributed by atoms with Gasteiger partial charge >= 0.3 is 0 Å². The minimum atomic E-state index is 0.572. The maximum absolute atomic E-state index is 5.68. The zero-order valence-corrected chi connectivity index (χ0v) is 11.9. The van der Waals surface area contributed by atoms with Gasteiger partial charge in [-0.3, -0.25) is 4.90 Å². The molecule has 0 amide bonds. The Hall–Kier alpha value is -0.120. The predicted molar refractivity (Wildman–Crippen MR) is 73.6 cm³/mol. The third-order valence-corrected chi connectivity index (χ3v) is 5.67. The normalized spacial score (nSPS) is 43.8. The summed E-state index contributed by atoms with van der Waals surface area (Å²) in [5.74, 6) is 3.07. The van der Waals surface area contributed by atoms with E-state index in [1.807, 2.05) is 0 Å². The fourth-order valence-electron chi connectivity index (χ4n) is 4.60. The molecule has 0 aromatic rings. The van der Waals surface area contributed by atoms with Gasteiger partial charge in [0, 0.05) is 25.2 Å². The second-order valence-corrected chi connectivity index (χ2v) is 6.70. The number of nitrogens with zero attached hydrogens (tertiary/aromatic N) is 1. The first-order valence-electron chi connectivity index (χ1n) is 7.73. The fourth-order valence-corrected chi connectivity index (χ4v) is 4.60. The maximum atomic E-state index is 5.68. The van der Waals surface area contributed by atoms with Gasteiger partial charge in [0.05, 0.1) is 6.61 Å². The Labute approximate surface area is 111 Å². The van der Waals surface area contributed by atoms with E-state index >= 15 is 0 Å². The lowest BCUT2D eigenvalue weighted by molar-refractivity contribution is 0.000495. The van der Waals surface area contributed by atoms with Crippen molar-refractivity contribution in [2.24, 2.45) is 17.8 Å². The summed E-state index contributed by atoms with van der Waals surface area (Å²) in [6, 6.07) is 1.19. The zero-order valence-electron chi connectivity index (χ0n) is 11.9. The van der Waals surface area contributed by atoms with Gasteiger partial charge in [0.15, 0.2) is 0 Å². The Bertz CT molecular complexity index is 284. The topological polar surface area (TPSA) is 24.5 Å². The van der Waals surface area contributed by atoms with Crippen molar-refractivity contribution in [3.8, 4) is 0 Å². The molecule has 2 bridgehead atoms. The number of rotatable bonds is 4. The SMILES string of the molecule is CNC1CCOCC1N(C)CC1CC2CCC1C2. The lowest BCUT2D eigenvalue weighted by Gasteiger charge is -2.39. The van der Waals surface area contributed by atoms with Gasteiger partial charge in [0.2, 0.25) is 0 Å².